The Hall–Kier alpha value is -8.39. The predicted molar refractivity (Wildman–Crippen MR) is 319 cm³/mol. The minimum Gasteiger partial charge on any atom is -0.487 e. The van der Waals surface area contributed by atoms with Gasteiger partial charge in [0.2, 0.25) is 11.9 Å². The van der Waals surface area contributed by atoms with E-state index in [9.17, 15) is 34.2 Å². The van der Waals surface area contributed by atoms with Crippen LogP contribution in [-0.4, -0.2) is 66.4 Å². The summed E-state index contributed by atoms with van der Waals surface area (Å²) in [6, 6.07) is 30.5. The van der Waals surface area contributed by atoms with Gasteiger partial charge in [0.1, 0.15) is 46.1 Å². The van der Waals surface area contributed by atoms with Gasteiger partial charge in [-0.3, -0.25) is 9.11 Å². The van der Waals surface area contributed by atoms with Gasteiger partial charge in [-0.1, -0.05) is 94.9 Å². The first-order valence-corrected chi connectivity index (χ1v) is 29.6. The lowest BCUT2D eigenvalue weighted by molar-refractivity contribution is 0.251. The van der Waals surface area contributed by atoms with E-state index in [-0.39, 0.29) is 72.3 Å². The smallest absolute Gasteiger partial charge is 0.394 e. The summed E-state index contributed by atoms with van der Waals surface area (Å²) in [5.41, 5.74) is 29.1. The number of carbonyl (C=O) groups is 2. The summed E-state index contributed by atoms with van der Waals surface area (Å²) in [4.78, 5) is 40.3. The van der Waals surface area contributed by atoms with Gasteiger partial charge in [-0.2, -0.15) is 35.2 Å². The molecule has 8 aromatic rings. The molecule has 0 spiro atoms. The van der Waals surface area contributed by atoms with E-state index in [2.05, 4.69) is 41.2 Å². The highest BCUT2D eigenvalue weighted by Crippen LogP contribution is 2.36. The first-order valence-electron chi connectivity index (χ1n) is 23.9. The van der Waals surface area contributed by atoms with Gasteiger partial charge in [0.25, 0.3) is 0 Å². The molecule has 0 saturated carbocycles. The van der Waals surface area contributed by atoms with Crippen LogP contribution < -0.4 is 53.7 Å². The second kappa shape index (κ2) is 28.5. The zero-order valence-electron chi connectivity index (χ0n) is 43.9. The number of amides is 4. The summed E-state index contributed by atoms with van der Waals surface area (Å²) in [6.07, 6.45) is 0. The number of nitrogens with two attached hydrogens (primary N) is 4. The third-order valence-electron chi connectivity index (χ3n) is 11.3. The number of halogens is 6. The molecule has 0 aliphatic carbocycles. The van der Waals surface area contributed by atoms with E-state index in [1.807, 2.05) is 0 Å². The number of nitrogens with zero attached hydrogens (tertiary/aromatic N) is 4. The molecule has 0 atom stereocenters. The van der Waals surface area contributed by atoms with Crippen LogP contribution in [0, 0.1) is 13.8 Å². The van der Waals surface area contributed by atoms with Gasteiger partial charge in [-0.05, 0) is 120 Å². The van der Waals surface area contributed by atoms with Gasteiger partial charge in [0.15, 0.2) is 0 Å². The molecule has 33 heteroatoms. The largest absolute Gasteiger partial charge is 0.487 e. The van der Waals surface area contributed by atoms with Crippen LogP contribution in [0.2, 0.25) is 20.1 Å². The summed E-state index contributed by atoms with van der Waals surface area (Å²) in [5.74, 6) is 1.22. The Morgan fingerprint density at radius 2 is 0.882 bits per heavy atom. The molecule has 85 heavy (non-hydrogen) atoms. The molecule has 4 amide bonds. The highest BCUT2D eigenvalue weighted by Gasteiger charge is 2.21. The second-order valence-electron chi connectivity index (χ2n) is 17.6. The normalized spacial score (nSPS) is 11.2. The monoisotopic (exact) mass is 1310 g/mol. The number of rotatable bonds is 16. The number of carbonyl (C=O) groups excluding carboxylic acids is 2. The lowest BCUT2D eigenvalue weighted by Crippen LogP contribution is -2.28. The average molecular weight is 1310 g/mol. The summed E-state index contributed by atoms with van der Waals surface area (Å²) in [6.45, 7) is 3.13. The number of nitrogen functional groups attached to an aromatic ring is 4. The van der Waals surface area contributed by atoms with Crippen molar-refractivity contribution in [3.05, 3.63) is 175 Å². The molecular weight excluding hydrogens is 1260 g/mol. The van der Waals surface area contributed by atoms with E-state index in [4.69, 9.17) is 96.3 Å². The summed E-state index contributed by atoms with van der Waals surface area (Å²) < 4.78 is 116. The Bertz CT molecular complexity index is 3930. The number of nitrogens with one attached hydrogen (secondary N) is 4. The maximum absolute atomic E-state index is 13.5. The first kappa shape index (κ1) is 65.8. The third-order valence-corrected chi connectivity index (χ3v) is 14.8. The molecule has 0 radical (unpaired) electrons. The fourth-order valence-corrected chi connectivity index (χ4v) is 9.66. The number of hydrogen-bond acceptors (Lipinski definition) is 18. The van der Waals surface area contributed by atoms with Crippen LogP contribution in [-0.2, 0) is 57.1 Å². The van der Waals surface area contributed by atoms with Crippen LogP contribution in [0.1, 0.15) is 33.6 Å². The minimum absolute atomic E-state index is 0.00287. The molecule has 6 aromatic carbocycles. The zero-order valence-corrected chi connectivity index (χ0v) is 49.4. The number of urea groups is 2. The molecule has 24 nitrogen and oxygen atoms in total. The van der Waals surface area contributed by atoms with Gasteiger partial charge < -0.3 is 53.7 Å². The third kappa shape index (κ3) is 19.9. The van der Waals surface area contributed by atoms with E-state index in [0.717, 1.165) is 12.1 Å². The van der Waals surface area contributed by atoms with Gasteiger partial charge in [-0.15, -0.1) is 7.77 Å². The lowest BCUT2D eigenvalue weighted by atomic mass is 10.0. The van der Waals surface area contributed by atoms with E-state index in [1.54, 1.807) is 84.9 Å². The van der Waals surface area contributed by atoms with Gasteiger partial charge in [0.05, 0.1) is 31.5 Å². The molecule has 0 aliphatic heterocycles. The summed E-state index contributed by atoms with van der Waals surface area (Å²) >= 11 is 24.4. The van der Waals surface area contributed by atoms with Crippen molar-refractivity contribution in [2.45, 2.75) is 49.9 Å². The minimum atomic E-state index is -4.92. The highest BCUT2D eigenvalue weighted by molar-refractivity contribution is 7.86. The van der Waals surface area contributed by atoms with Crippen molar-refractivity contribution in [3.8, 4) is 33.8 Å². The number of aryl methyl sites for hydroxylation is 2. The van der Waals surface area contributed by atoms with Crippen LogP contribution in [0.15, 0.2) is 131 Å². The predicted octanol–water partition coefficient (Wildman–Crippen LogP) is 10.3. The quantitative estimate of drug-likeness (QED) is 0.0317. The fourth-order valence-electron chi connectivity index (χ4n) is 7.62. The Morgan fingerprint density at radius 3 is 1.22 bits per heavy atom. The van der Waals surface area contributed by atoms with Crippen molar-refractivity contribution < 1.29 is 61.2 Å². The molecule has 14 N–H and O–H groups in total. The number of benzene rings is 6. The van der Waals surface area contributed by atoms with Crippen LogP contribution >= 0.6 is 46.4 Å². The molecule has 0 saturated heterocycles. The number of hydrogen-bond donors (Lipinski definition) is 10. The second-order valence-corrected chi connectivity index (χ2v) is 22.8. The van der Waals surface area contributed by atoms with Crippen LogP contribution in [0.25, 0.3) is 22.3 Å². The van der Waals surface area contributed by atoms with Crippen molar-refractivity contribution in [2.75, 3.05) is 33.6 Å². The Balaban J connectivity index is 0.000000252. The number of aromatic nitrogens is 4. The maximum Gasteiger partial charge on any atom is 0.394 e. The van der Waals surface area contributed by atoms with E-state index in [0.29, 0.717) is 76.4 Å². The topological polar surface area (TPSA) is 399 Å². The van der Waals surface area contributed by atoms with Crippen LogP contribution in [0.5, 0.6) is 11.5 Å². The molecular formula is C52H48Cl4F2N12O12S3. The molecule has 0 unspecified atom stereocenters. The SMILES string of the molecule is Cc1ccc(NC(=O)NCc2cccc(OCc3nc(N)nc(N)c3-c3ccc(Cl)c(Cl)c3)c2)cc1S(=O)(=O)F.Cc1ccc(NC(=O)NCc2cccc(OCc3nc(N)nc(N)c3-c3ccc(Cl)c(Cl)c3)c2)cc1S(=O)(=O)F.O=S(=O)(O)O. The van der Waals surface area contributed by atoms with Gasteiger partial charge in [-0.25, -0.2) is 19.6 Å². The molecule has 0 fully saturated rings. The van der Waals surface area contributed by atoms with Crippen molar-refractivity contribution in [1.29, 1.82) is 0 Å². The fraction of sp³-hybridized carbons (Fsp3) is 0.115. The van der Waals surface area contributed by atoms with Crippen molar-refractivity contribution in [2.24, 2.45) is 0 Å². The first-order chi connectivity index (χ1) is 39.8. The van der Waals surface area contributed by atoms with E-state index < -0.39 is 52.7 Å². The molecule has 8 rings (SSSR count). The molecule has 0 aliphatic rings. The summed E-state index contributed by atoms with van der Waals surface area (Å²) in [5, 5.41) is 11.7. The summed E-state index contributed by atoms with van der Waals surface area (Å²) in [7, 11) is -14.5. The van der Waals surface area contributed by atoms with E-state index >= 15 is 0 Å². The van der Waals surface area contributed by atoms with Gasteiger partial charge >= 0.3 is 42.9 Å². The zero-order chi connectivity index (χ0) is 62.6. The maximum atomic E-state index is 13.5. The Kier molecular flexibility index (Phi) is 22.0. The molecule has 2 heterocycles. The van der Waals surface area contributed by atoms with Crippen LogP contribution in [0.4, 0.5) is 52.3 Å². The molecule has 448 valence electrons. The average Bonchev–Trinajstić information content (AvgIpc) is 2.86. The van der Waals surface area contributed by atoms with E-state index in [1.165, 1.54) is 38.1 Å². The standard InChI is InChI=1S/2C26H23Cl2FN6O4S.H2O4S/c2*1-14-5-7-17(11-22(14)40(29,37)38)33-26(36)32-12-15-3-2-4-18(9-15)39-13-21-23(24(30)35-25(31)34-21)16-6-8-19(27)20(28)10-16;1-5(2,3)4/h2*2-11H,12-13H2,1H3,(H2,32,33,36)(H4,30,31,34,35);(H2,1,2,3,4). The lowest BCUT2D eigenvalue weighted by Gasteiger charge is -2.14. The Morgan fingerprint density at radius 1 is 0.518 bits per heavy atom. The highest BCUT2D eigenvalue weighted by atomic mass is 35.5. The van der Waals surface area contributed by atoms with Crippen molar-refractivity contribution >= 4 is 124 Å². The number of ether oxygens (including phenoxy) is 2. The van der Waals surface area contributed by atoms with Gasteiger partial charge in [0, 0.05) is 35.6 Å². The molecule has 2 aromatic heterocycles. The Labute approximate surface area is 505 Å². The number of anilines is 6. The van der Waals surface area contributed by atoms with Crippen molar-refractivity contribution in [1.82, 2.24) is 30.6 Å². The van der Waals surface area contributed by atoms with Crippen molar-refractivity contribution in [3.63, 3.8) is 0 Å². The van der Waals surface area contributed by atoms with Crippen LogP contribution in [0.3, 0.4) is 0 Å². The molecule has 0 bridgehead atoms.